The second kappa shape index (κ2) is 13.0. The van der Waals surface area contributed by atoms with Crippen LogP contribution in [0.1, 0.15) is 114 Å². The Balaban J connectivity index is 1.17. The first kappa shape index (κ1) is 33.8. The Morgan fingerprint density at radius 3 is 1.37 bits per heavy atom. The van der Waals surface area contributed by atoms with Gasteiger partial charge in [-0.15, -0.1) is 9.24 Å². The number of hydrogen-bond donors (Lipinski definition) is 2. The van der Waals surface area contributed by atoms with Crippen LogP contribution in [0, 0.1) is 46.3 Å². The van der Waals surface area contributed by atoms with Crippen molar-refractivity contribution in [1.29, 1.82) is 0 Å². The third-order valence-electron chi connectivity index (χ3n) is 16.8. The van der Waals surface area contributed by atoms with Gasteiger partial charge in [0.05, 0.1) is 0 Å². The second-order valence-electron chi connectivity index (χ2n) is 19.9. The summed E-state index contributed by atoms with van der Waals surface area (Å²) >= 11 is 0. The van der Waals surface area contributed by atoms with Crippen LogP contribution in [0.15, 0.2) is 72.8 Å². The van der Waals surface area contributed by atoms with Gasteiger partial charge >= 0.3 is 0 Å². The van der Waals surface area contributed by atoms with Gasteiger partial charge in [0, 0.05) is 16.7 Å². The summed E-state index contributed by atoms with van der Waals surface area (Å²) in [5.41, 5.74) is 10.1. The molecule has 13 rings (SSSR count). The summed E-state index contributed by atoms with van der Waals surface area (Å²) in [5.74, 6) is 7.14. The highest BCUT2D eigenvalue weighted by Gasteiger charge is 2.69. The molecule has 2 saturated heterocycles. The normalized spacial score (nSPS) is 40.3. The molecule has 10 aliphatic rings. The van der Waals surface area contributed by atoms with Crippen LogP contribution >= 0.6 is 17.2 Å². The lowest BCUT2D eigenvalue weighted by atomic mass is 9.37. The van der Waals surface area contributed by atoms with Crippen molar-refractivity contribution in [2.24, 2.45) is 46.3 Å². The first-order chi connectivity index (χ1) is 25.5. The molecule has 2 aliphatic heterocycles. The van der Waals surface area contributed by atoms with Crippen LogP contribution in [0.2, 0.25) is 0 Å². The first-order valence-electron chi connectivity index (χ1n) is 21.8. The standard InChI is InChI=1S/C48H62N2P2/c51-48(46-25-32-17-33(26-46)19-34(18-32)27-46,47-28-35-20-36(29-47)22-37(21-35)30-47)43-24-42(39-11-5-2-6-12-39)41(38-9-3-1-4-10-38)23-40(43)31-52(44-13-7-15-49-44)45-14-8-16-50-45/h1-6,9-12,23-24,32-37,44-45,49-50H,7-8,13-22,25-31,51H2. The largest absolute Gasteiger partial charge is 0.310 e. The van der Waals surface area contributed by atoms with Gasteiger partial charge in [-0.3, -0.25) is 0 Å². The summed E-state index contributed by atoms with van der Waals surface area (Å²) < 4.78 is 0. The van der Waals surface area contributed by atoms with Crippen LogP contribution in [0.5, 0.6) is 0 Å². The minimum atomic E-state index is -0.246. The van der Waals surface area contributed by atoms with Crippen LogP contribution < -0.4 is 10.6 Å². The molecule has 0 spiro atoms. The predicted molar refractivity (Wildman–Crippen MR) is 223 cm³/mol. The van der Waals surface area contributed by atoms with Gasteiger partial charge in [0.2, 0.25) is 0 Å². The molecule has 4 heteroatoms. The van der Waals surface area contributed by atoms with Crippen molar-refractivity contribution >= 4 is 17.2 Å². The van der Waals surface area contributed by atoms with E-state index in [4.69, 9.17) is 0 Å². The fourth-order valence-corrected chi connectivity index (χ4v) is 20.0. The van der Waals surface area contributed by atoms with Crippen molar-refractivity contribution in [2.75, 3.05) is 13.1 Å². The van der Waals surface area contributed by atoms with Crippen molar-refractivity contribution in [2.45, 2.75) is 126 Å². The molecule has 0 amide bonds. The van der Waals surface area contributed by atoms with E-state index in [0.717, 1.165) is 35.5 Å². The van der Waals surface area contributed by atoms with E-state index in [0.29, 0.717) is 22.4 Å². The lowest BCUT2D eigenvalue weighted by Crippen LogP contribution is -2.64. The van der Waals surface area contributed by atoms with Crippen LogP contribution in [0.25, 0.3) is 22.3 Å². The average Bonchev–Trinajstić information content (AvgIpc) is 3.89. The van der Waals surface area contributed by atoms with Gasteiger partial charge in [-0.1, -0.05) is 68.6 Å². The second-order valence-corrected chi connectivity index (χ2v) is 23.3. The zero-order chi connectivity index (χ0) is 34.5. The molecule has 3 unspecified atom stereocenters. The molecule has 52 heavy (non-hydrogen) atoms. The van der Waals surface area contributed by atoms with Gasteiger partial charge in [0.25, 0.3) is 0 Å². The van der Waals surface area contributed by atoms with E-state index in [1.54, 1.807) is 5.56 Å². The SMILES string of the molecule is PC(c1cc(-c2ccccc2)c(-c2ccccc2)cc1CP(C1CCCN1)C1CCCN1)(C12CC3CC(CC(C3)C1)C2)C12CC3CC(CC(C3)C1)C2. The zero-order valence-electron chi connectivity index (χ0n) is 31.5. The molecule has 0 aromatic heterocycles. The Labute approximate surface area is 317 Å². The van der Waals surface area contributed by atoms with E-state index in [1.165, 1.54) is 144 Å². The summed E-state index contributed by atoms with van der Waals surface area (Å²) in [4.78, 5) is 0. The number of rotatable bonds is 9. The van der Waals surface area contributed by atoms with Crippen LogP contribution in [-0.2, 0) is 11.3 Å². The number of benzene rings is 3. The highest BCUT2D eigenvalue weighted by Crippen LogP contribution is 2.79. The lowest BCUT2D eigenvalue weighted by Gasteiger charge is -2.72. The Morgan fingerprint density at radius 1 is 0.577 bits per heavy atom. The van der Waals surface area contributed by atoms with Gasteiger partial charge in [0.1, 0.15) is 0 Å². The zero-order valence-corrected chi connectivity index (χ0v) is 33.6. The Morgan fingerprint density at radius 2 is 0.981 bits per heavy atom. The van der Waals surface area contributed by atoms with Crippen molar-refractivity contribution in [1.82, 2.24) is 10.6 Å². The Hall–Kier alpha value is -1.56. The first-order valence-corrected chi connectivity index (χ1v) is 24.0. The molecule has 3 atom stereocenters. The molecule has 2 N–H and O–H groups in total. The molecule has 3 aromatic rings. The van der Waals surface area contributed by atoms with Crippen LogP contribution in [0.4, 0.5) is 0 Å². The maximum Gasteiger partial charge on any atom is 0.0286 e. The van der Waals surface area contributed by atoms with Gasteiger partial charge in [-0.2, -0.15) is 0 Å². The number of hydrogen-bond acceptors (Lipinski definition) is 2. The Kier molecular flexibility index (Phi) is 8.44. The molecule has 3 aromatic carbocycles. The van der Waals surface area contributed by atoms with Crippen molar-refractivity contribution in [3.05, 3.63) is 83.9 Å². The summed E-state index contributed by atoms with van der Waals surface area (Å²) in [6, 6.07) is 28.8. The fraction of sp³-hybridized carbons (Fsp3) is 0.625. The third-order valence-corrected chi connectivity index (χ3v) is 21.5. The predicted octanol–water partition coefficient (Wildman–Crippen LogP) is 11.9. The van der Waals surface area contributed by atoms with E-state index in [9.17, 15) is 0 Å². The summed E-state index contributed by atoms with van der Waals surface area (Å²) in [6.45, 7) is 2.42. The van der Waals surface area contributed by atoms with E-state index in [1.807, 2.05) is 5.56 Å². The van der Waals surface area contributed by atoms with Crippen LogP contribution in [-0.4, -0.2) is 24.7 Å². The smallest absolute Gasteiger partial charge is 0.0286 e. The fourth-order valence-electron chi connectivity index (χ4n) is 15.7. The van der Waals surface area contributed by atoms with Crippen LogP contribution in [0.3, 0.4) is 0 Å². The molecule has 8 saturated carbocycles. The maximum atomic E-state index is 4.10. The highest BCUT2D eigenvalue weighted by atomic mass is 31.1. The topological polar surface area (TPSA) is 24.1 Å². The van der Waals surface area contributed by atoms with E-state index in [-0.39, 0.29) is 13.1 Å². The van der Waals surface area contributed by atoms with Crippen molar-refractivity contribution < 1.29 is 0 Å². The third kappa shape index (κ3) is 5.37. The van der Waals surface area contributed by atoms with Gasteiger partial charge in [-0.25, -0.2) is 0 Å². The highest BCUT2D eigenvalue weighted by molar-refractivity contribution is 7.58. The Bertz CT molecular complexity index is 1640. The van der Waals surface area contributed by atoms with Gasteiger partial charge < -0.3 is 10.6 Å². The number of nitrogens with one attached hydrogen (secondary N) is 2. The molecular formula is C48H62N2P2. The maximum absolute atomic E-state index is 4.10. The monoisotopic (exact) mass is 728 g/mol. The molecule has 2 heterocycles. The quantitative estimate of drug-likeness (QED) is 0.214. The molecular weight excluding hydrogens is 666 g/mol. The summed E-state index contributed by atoms with van der Waals surface area (Å²) in [7, 11) is 3.74. The van der Waals surface area contributed by atoms with E-state index in [2.05, 4.69) is 92.7 Å². The molecule has 8 bridgehead atoms. The average molecular weight is 729 g/mol. The molecule has 274 valence electrons. The van der Waals surface area contributed by atoms with Crippen molar-refractivity contribution in [3.8, 4) is 22.3 Å². The van der Waals surface area contributed by atoms with Gasteiger partial charge in [0.15, 0.2) is 0 Å². The summed E-state index contributed by atoms with van der Waals surface area (Å²) in [6.07, 6.45) is 24.8. The van der Waals surface area contributed by atoms with E-state index >= 15 is 0 Å². The van der Waals surface area contributed by atoms with Crippen molar-refractivity contribution in [3.63, 3.8) is 0 Å². The van der Waals surface area contributed by atoms with Gasteiger partial charge in [-0.05, 0) is 214 Å². The molecule has 8 aliphatic carbocycles. The minimum Gasteiger partial charge on any atom is -0.310 e. The summed E-state index contributed by atoms with van der Waals surface area (Å²) in [5, 5.41) is 8.32. The molecule has 2 nitrogen and oxygen atoms in total. The lowest BCUT2D eigenvalue weighted by molar-refractivity contribution is -0.158. The molecule has 10 fully saturated rings. The minimum absolute atomic E-state index is 0.132. The van der Waals surface area contributed by atoms with E-state index < -0.39 is 0 Å². The molecule has 0 radical (unpaired) electrons.